The van der Waals surface area contributed by atoms with E-state index in [0.29, 0.717) is 6.10 Å². The van der Waals surface area contributed by atoms with Crippen LogP contribution < -0.4 is 15.0 Å². The molecule has 1 aliphatic carbocycles. The van der Waals surface area contributed by atoms with Crippen molar-refractivity contribution in [2.24, 2.45) is 0 Å². The Balaban J connectivity index is 1.95. The van der Waals surface area contributed by atoms with E-state index in [4.69, 9.17) is 14.3 Å². The molecular weight excluding hydrogens is 242 g/mol. The van der Waals surface area contributed by atoms with E-state index in [0.717, 1.165) is 29.9 Å². The molecule has 1 fully saturated rings. The lowest BCUT2D eigenvalue weighted by Crippen LogP contribution is -2.24. The molecule has 1 aromatic carbocycles. The third-order valence-corrected chi connectivity index (χ3v) is 3.62. The van der Waals surface area contributed by atoms with Crippen LogP contribution in [0.2, 0.25) is 0 Å². The fourth-order valence-electron chi connectivity index (χ4n) is 2.39. The lowest BCUT2D eigenvalue weighted by molar-refractivity contribution is -0.0377. The summed E-state index contributed by atoms with van der Waals surface area (Å²) in [5.74, 6) is 1.49. The maximum Gasteiger partial charge on any atom is 0.161 e. The number of methoxy groups -OCH3 is 2. The summed E-state index contributed by atoms with van der Waals surface area (Å²) in [4.78, 5) is 5.73. The normalized spacial score (nSPS) is 17.4. The van der Waals surface area contributed by atoms with E-state index >= 15 is 0 Å². The Morgan fingerprint density at radius 1 is 1.11 bits per heavy atom. The van der Waals surface area contributed by atoms with Gasteiger partial charge in [0.2, 0.25) is 0 Å². The fraction of sp³-hybridized carbons (Fsp3) is 0.600. The molecule has 1 saturated carbocycles. The van der Waals surface area contributed by atoms with Gasteiger partial charge in [-0.3, -0.25) is 4.84 Å². The molecule has 0 spiro atoms. The summed E-state index contributed by atoms with van der Waals surface area (Å²) in [6.07, 6.45) is 5.23. The van der Waals surface area contributed by atoms with Gasteiger partial charge in [-0.25, -0.2) is 0 Å². The molecule has 0 saturated heterocycles. The van der Waals surface area contributed by atoms with Gasteiger partial charge in [0.05, 0.1) is 26.4 Å². The molecule has 1 N–H and O–H groups in total. The number of hydrogen-bond donors (Lipinski definition) is 1. The predicted molar refractivity (Wildman–Crippen MR) is 74.4 cm³/mol. The minimum atomic E-state index is 0.125. The van der Waals surface area contributed by atoms with E-state index in [2.05, 4.69) is 12.4 Å². The third kappa shape index (κ3) is 3.61. The molecule has 0 amide bonds. The van der Waals surface area contributed by atoms with Gasteiger partial charge < -0.3 is 9.47 Å². The topological polar surface area (TPSA) is 39.7 Å². The second-order valence-corrected chi connectivity index (χ2v) is 4.98. The Labute approximate surface area is 115 Å². The lowest BCUT2D eigenvalue weighted by Gasteiger charge is -2.19. The second kappa shape index (κ2) is 6.78. The van der Waals surface area contributed by atoms with Gasteiger partial charge in [0.15, 0.2) is 11.5 Å². The molecule has 0 radical (unpaired) electrons. The highest BCUT2D eigenvalue weighted by Gasteiger charge is 2.17. The zero-order valence-corrected chi connectivity index (χ0v) is 11.9. The average Bonchev–Trinajstić information content (AvgIpc) is 2.97. The van der Waals surface area contributed by atoms with Gasteiger partial charge in [-0.2, -0.15) is 5.48 Å². The van der Waals surface area contributed by atoms with Gasteiger partial charge in [-0.1, -0.05) is 18.9 Å². The molecule has 0 aliphatic heterocycles. The number of ether oxygens (including phenoxy) is 2. The van der Waals surface area contributed by atoms with Gasteiger partial charge in [-0.15, -0.1) is 0 Å². The number of rotatable bonds is 6. The lowest BCUT2D eigenvalue weighted by atomic mass is 10.1. The zero-order chi connectivity index (χ0) is 13.7. The summed E-state index contributed by atoms with van der Waals surface area (Å²) in [5.41, 5.74) is 4.25. The van der Waals surface area contributed by atoms with Crippen LogP contribution in [-0.4, -0.2) is 20.3 Å². The van der Waals surface area contributed by atoms with Crippen molar-refractivity contribution in [3.8, 4) is 11.5 Å². The average molecular weight is 265 g/mol. The van der Waals surface area contributed by atoms with Crippen LogP contribution >= 0.6 is 0 Å². The minimum Gasteiger partial charge on any atom is -0.493 e. The number of hydroxylamine groups is 1. The zero-order valence-electron chi connectivity index (χ0n) is 11.9. The number of hydrogen-bond acceptors (Lipinski definition) is 4. The first-order valence-electron chi connectivity index (χ1n) is 6.87. The molecule has 4 heteroatoms. The van der Waals surface area contributed by atoms with Crippen LogP contribution in [0.1, 0.15) is 44.2 Å². The smallest absolute Gasteiger partial charge is 0.161 e. The Morgan fingerprint density at radius 2 is 1.79 bits per heavy atom. The number of benzene rings is 1. The molecule has 1 aliphatic rings. The molecule has 0 aromatic heterocycles. The summed E-state index contributed by atoms with van der Waals surface area (Å²) in [6.45, 7) is 2.08. The van der Waals surface area contributed by atoms with Crippen molar-refractivity contribution in [1.82, 2.24) is 5.48 Å². The Bertz CT molecular complexity index is 402. The molecule has 0 heterocycles. The first-order valence-corrected chi connectivity index (χ1v) is 6.87. The summed E-state index contributed by atoms with van der Waals surface area (Å²) in [6, 6.07) is 6.05. The molecule has 19 heavy (non-hydrogen) atoms. The van der Waals surface area contributed by atoms with Crippen LogP contribution in [0.25, 0.3) is 0 Å². The highest BCUT2D eigenvalue weighted by Crippen LogP contribution is 2.30. The maximum atomic E-state index is 5.73. The first kappa shape index (κ1) is 14.2. The van der Waals surface area contributed by atoms with Gasteiger partial charge in [-0.05, 0) is 37.5 Å². The van der Waals surface area contributed by atoms with Crippen LogP contribution in [-0.2, 0) is 4.84 Å². The molecule has 0 bridgehead atoms. The Morgan fingerprint density at radius 3 is 2.42 bits per heavy atom. The standard InChI is InChI=1S/C15H23NO3/c1-11(16-19-13-6-4-5-7-13)12-8-9-14(17-2)15(10-12)18-3/h8-11,13,16H,4-7H2,1-3H3. The second-order valence-electron chi connectivity index (χ2n) is 4.98. The highest BCUT2D eigenvalue weighted by molar-refractivity contribution is 5.43. The number of nitrogens with one attached hydrogen (secondary N) is 1. The van der Waals surface area contributed by atoms with Crippen LogP contribution in [0, 0.1) is 0 Å². The molecule has 2 rings (SSSR count). The highest BCUT2D eigenvalue weighted by atomic mass is 16.7. The molecule has 106 valence electrons. The van der Waals surface area contributed by atoms with Gasteiger partial charge in [0.1, 0.15) is 0 Å². The molecular formula is C15H23NO3. The van der Waals surface area contributed by atoms with E-state index in [1.165, 1.54) is 12.8 Å². The van der Waals surface area contributed by atoms with Crippen molar-refractivity contribution in [2.45, 2.75) is 44.8 Å². The Kier molecular flexibility index (Phi) is 5.05. The van der Waals surface area contributed by atoms with E-state index in [1.807, 2.05) is 18.2 Å². The first-order chi connectivity index (χ1) is 9.24. The predicted octanol–water partition coefficient (Wildman–Crippen LogP) is 3.23. The molecule has 4 nitrogen and oxygen atoms in total. The van der Waals surface area contributed by atoms with E-state index < -0.39 is 0 Å². The third-order valence-electron chi connectivity index (χ3n) is 3.62. The summed E-state index contributed by atoms with van der Waals surface area (Å²) >= 11 is 0. The Hall–Kier alpha value is -1.26. The molecule has 1 aromatic rings. The largest absolute Gasteiger partial charge is 0.493 e. The summed E-state index contributed by atoms with van der Waals surface area (Å²) in [7, 11) is 3.29. The monoisotopic (exact) mass is 265 g/mol. The van der Waals surface area contributed by atoms with Crippen LogP contribution in [0.5, 0.6) is 11.5 Å². The molecule has 1 atom stereocenters. The van der Waals surface area contributed by atoms with Crippen LogP contribution in [0.3, 0.4) is 0 Å². The van der Waals surface area contributed by atoms with Crippen molar-refractivity contribution in [1.29, 1.82) is 0 Å². The van der Waals surface area contributed by atoms with Gasteiger partial charge in [0, 0.05) is 0 Å². The summed E-state index contributed by atoms with van der Waals surface area (Å²) in [5, 5.41) is 0. The van der Waals surface area contributed by atoms with Crippen LogP contribution in [0.4, 0.5) is 0 Å². The van der Waals surface area contributed by atoms with Crippen molar-refractivity contribution in [2.75, 3.05) is 14.2 Å². The van der Waals surface area contributed by atoms with E-state index in [1.54, 1.807) is 14.2 Å². The van der Waals surface area contributed by atoms with Gasteiger partial charge >= 0.3 is 0 Å². The quantitative estimate of drug-likeness (QED) is 0.802. The fourth-order valence-corrected chi connectivity index (χ4v) is 2.39. The van der Waals surface area contributed by atoms with Crippen molar-refractivity contribution in [3.05, 3.63) is 23.8 Å². The van der Waals surface area contributed by atoms with Gasteiger partial charge in [0.25, 0.3) is 0 Å². The van der Waals surface area contributed by atoms with Crippen LogP contribution in [0.15, 0.2) is 18.2 Å². The van der Waals surface area contributed by atoms with E-state index in [-0.39, 0.29) is 6.04 Å². The SMILES string of the molecule is COc1ccc(C(C)NOC2CCCC2)cc1OC. The summed E-state index contributed by atoms with van der Waals surface area (Å²) < 4.78 is 10.5. The maximum absolute atomic E-state index is 5.73. The van der Waals surface area contributed by atoms with Crippen molar-refractivity contribution in [3.63, 3.8) is 0 Å². The van der Waals surface area contributed by atoms with Crippen molar-refractivity contribution >= 4 is 0 Å². The minimum absolute atomic E-state index is 0.125. The van der Waals surface area contributed by atoms with E-state index in [9.17, 15) is 0 Å². The molecule has 1 unspecified atom stereocenters. The van der Waals surface area contributed by atoms with Crippen molar-refractivity contribution < 1.29 is 14.3 Å².